The van der Waals surface area contributed by atoms with Gasteiger partial charge in [0.2, 0.25) is 5.95 Å². The molecule has 0 aromatic carbocycles. The van der Waals surface area contributed by atoms with Gasteiger partial charge in [0, 0.05) is 31.2 Å². The molecular weight excluding hydrogens is 302 g/mol. The Balaban J connectivity index is 1.60. The van der Waals surface area contributed by atoms with Gasteiger partial charge in [-0.2, -0.15) is 4.98 Å². The molecule has 8 heteroatoms. The predicted molar refractivity (Wildman–Crippen MR) is 84.3 cm³/mol. The van der Waals surface area contributed by atoms with Crippen molar-refractivity contribution in [1.29, 1.82) is 0 Å². The SMILES string of the molecule is O=S1(=O)CCC(Nc2nccc(NCc3cccnc3)n2)C1. The van der Waals surface area contributed by atoms with Crippen LogP contribution in [0, 0.1) is 0 Å². The lowest BCUT2D eigenvalue weighted by atomic mass is 10.3. The fraction of sp³-hybridized carbons (Fsp3) is 0.357. The molecule has 0 radical (unpaired) electrons. The Bertz CT molecular complexity index is 736. The highest BCUT2D eigenvalue weighted by molar-refractivity contribution is 7.91. The minimum absolute atomic E-state index is 0.112. The first kappa shape index (κ1) is 14.7. The van der Waals surface area contributed by atoms with E-state index < -0.39 is 9.84 Å². The quantitative estimate of drug-likeness (QED) is 0.851. The van der Waals surface area contributed by atoms with Crippen LogP contribution < -0.4 is 10.6 Å². The van der Waals surface area contributed by atoms with E-state index >= 15 is 0 Å². The number of anilines is 2. The van der Waals surface area contributed by atoms with Gasteiger partial charge in [-0.1, -0.05) is 6.07 Å². The minimum atomic E-state index is -2.91. The number of hydrogen-bond donors (Lipinski definition) is 2. The zero-order valence-corrected chi connectivity index (χ0v) is 12.8. The van der Waals surface area contributed by atoms with Gasteiger partial charge in [-0.3, -0.25) is 4.98 Å². The van der Waals surface area contributed by atoms with E-state index in [-0.39, 0.29) is 17.5 Å². The molecule has 0 spiro atoms. The van der Waals surface area contributed by atoms with E-state index in [4.69, 9.17) is 0 Å². The van der Waals surface area contributed by atoms with E-state index in [0.717, 1.165) is 5.56 Å². The number of nitrogens with zero attached hydrogens (tertiary/aromatic N) is 3. The van der Waals surface area contributed by atoms with Crippen LogP contribution in [0.4, 0.5) is 11.8 Å². The molecule has 116 valence electrons. The summed E-state index contributed by atoms with van der Waals surface area (Å²) in [6, 6.07) is 5.51. The maximum atomic E-state index is 11.5. The maximum absolute atomic E-state index is 11.5. The summed E-state index contributed by atoms with van der Waals surface area (Å²) in [7, 11) is -2.91. The molecule has 22 heavy (non-hydrogen) atoms. The Morgan fingerprint density at radius 1 is 1.27 bits per heavy atom. The van der Waals surface area contributed by atoms with E-state index in [0.29, 0.717) is 24.7 Å². The molecule has 2 N–H and O–H groups in total. The molecule has 3 heterocycles. The first-order chi connectivity index (χ1) is 10.6. The Kier molecular flexibility index (Phi) is 4.19. The molecule has 2 aromatic rings. The van der Waals surface area contributed by atoms with Crippen molar-refractivity contribution in [3.63, 3.8) is 0 Å². The van der Waals surface area contributed by atoms with Gasteiger partial charge in [0.15, 0.2) is 9.84 Å². The second-order valence-corrected chi connectivity index (χ2v) is 7.45. The Hall–Kier alpha value is -2.22. The Morgan fingerprint density at radius 3 is 2.91 bits per heavy atom. The molecule has 1 saturated heterocycles. The van der Waals surface area contributed by atoms with E-state index in [1.165, 1.54) is 0 Å². The van der Waals surface area contributed by atoms with Crippen LogP contribution >= 0.6 is 0 Å². The zero-order valence-electron chi connectivity index (χ0n) is 11.9. The summed E-state index contributed by atoms with van der Waals surface area (Å²) in [5, 5.41) is 6.27. The van der Waals surface area contributed by atoms with Crippen molar-refractivity contribution in [2.24, 2.45) is 0 Å². The molecule has 3 rings (SSSR count). The highest BCUT2D eigenvalue weighted by atomic mass is 32.2. The van der Waals surface area contributed by atoms with Gasteiger partial charge in [0.1, 0.15) is 5.82 Å². The summed E-state index contributed by atoms with van der Waals surface area (Å²) in [6.07, 6.45) is 5.76. The smallest absolute Gasteiger partial charge is 0.224 e. The Morgan fingerprint density at radius 2 is 2.18 bits per heavy atom. The van der Waals surface area contributed by atoms with Gasteiger partial charge in [0.25, 0.3) is 0 Å². The zero-order chi connectivity index (χ0) is 15.4. The lowest BCUT2D eigenvalue weighted by molar-refractivity contribution is 0.602. The average Bonchev–Trinajstić information content (AvgIpc) is 2.85. The monoisotopic (exact) mass is 319 g/mol. The highest BCUT2D eigenvalue weighted by Gasteiger charge is 2.28. The molecule has 1 unspecified atom stereocenters. The number of rotatable bonds is 5. The van der Waals surface area contributed by atoms with Gasteiger partial charge >= 0.3 is 0 Å². The number of nitrogens with one attached hydrogen (secondary N) is 2. The van der Waals surface area contributed by atoms with E-state index in [9.17, 15) is 8.42 Å². The number of aromatic nitrogens is 3. The van der Waals surface area contributed by atoms with Crippen molar-refractivity contribution in [3.05, 3.63) is 42.4 Å². The Labute approximate surface area is 129 Å². The summed E-state index contributed by atoms with van der Waals surface area (Å²) < 4.78 is 22.9. The summed E-state index contributed by atoms with van der Waals surface area (Å²) in [5.74, 6) is 1.49. The van der Waals surface area contributed by atoms with Gasteiger partial charge in [-0.25, -0.2) is 13.4 Å². The number of sulfone groups is 1. The van der Waals surface area contributed by atoms with Crippen LogP contribution in [-0.2, 0) is 16.4 Å². The lowest BCUT2D eigenvalue weighted by Crippen LogP contribution is -2.22. The van der Waals surface area contributed by atoms with Crippen LogP contribution in [0.1, 0.15) is 12.0 Å². The number of hydrogen-bond acceptors (Lipinski definition) is 7. The van der Waals surface area contributed by atoms with Crippen LogP contribution in [-0.4, -0.2) is 40.9 Å². The molecule has 0 aliphatic carbocycles. The van der Waals surface area contributed by atoms with Crippen molar-refractivity contribution in [2.75, 3.05) is 22.1 Å². The summed E-state index contributed by atoms with van der Waals surface area (Å²) in [5.41, 5.74) is 1.05. The molecule has 7 nitrogen and oxygen atoms in total. The maximum Gasteiger partial charge on any atom is 0.224 e. The van der Waals surface area contributed by atoms with Crippen LogP contribution in [0.15, 0.2) is 36.8 Å². The second-order valence-electron chi connectivity index (χ2n) is 5.22. The fourth-order valence-electron chi connectivity index (χ4n) is 2.31. The van der Waals surface area contributed by atoms with Crippen molar-refractivity contribution in [1.82, 2.24) is 15.0 Å². The first-order valence-electron chi connectivity index (χ1n) is 7.03. The van der Waals surface area contributed by atoms with E-state index in [2.05, 4.69) is 25.6 Å². The van der Waals surface area contributed by atoms with Crippen molar-refractivity contribution < 1.29 is 8.42 Å². The van der Waals surface area contributed by atoms with Crippen molar-refractivity contribution >= 4 is 21.6 Å². The normalized spacial score (nSPS) is 19.7. The molecular formula is C14H17N5O2S. The van der Waals surface area contributed by atoms with Gasteiger partial charge in [-0.15, -0.1) is 0 Å². The van der Waals surface area contributed by atoms with Crippen LogP contribution in [0.2, 0.25) is 0 Å². The third-order valence-corrected chi connectivity index (χ3v) is 5.19. The minimum Gasteiger partial charge on any atom is -0.366 e. The summed E-state index contributed by atoms with van der Waals surface area (Å²) in [4.78, 5) is 12.5. The molecule has 1 aliphatic heterocycles. The first-order valence-corrected chi connectivity index (χ1v) is 8.86. The van der Waals surface area contributed by atoms with E-state index in [1.807, 2.05) is 12.1 Å². The topological polar surface area (TPSA) is 96.9 Å². The molecule has 2 aromatic heterocycles. The number of pyridine rings is 1. The average molecular weight is 319 g/mol. The molecule has 1 fully saturated rings. The highest BCUT2D eigenvalue weighted by Crippen LogP contribution is 2.16. The largest absolute Gasteiger partial charge is 0.366 e. The van der Waals surface area contributed by atoms with Gasteiger partial charge in [-0.05, 0) is 24.1 Å². The van der Waals surface area contributed by atoms with Gasteiger partial charge < -0.3 is 10.6 Å². The summed E-state index contributed by atoms with van der Waals surface area (Å²) in [6.45, 7) is 0.613. The van der Waals surface area contributed by atoms with Gasteiger partial charge in [0.05, 0.1) is 11.5 Å². The molecule has 1 atom stereocenters. The molecule has 0 bridgehead atoms. The lowest BCUT2D eigenvalue weighted by Gasteiger charge is -2.12. The van der Waals surface area contributed by atoms with E-state index in [1.54, 1.807) is 24.7 Å². The molecule has 0 saturated carbocycles. The standard InChI is InChI=1S/C14H17N5O2S/c20-22(21)7-4-12(10-22)18-14-16-6-3-13(19-14)17-9-11-2-1-5-15-8-11/h1-3,5-6,8,12H,4,7,9-10H2,(H2,16,17,18,19). The third-order valence-electron chi connectivity index (χ3n) is 3.42. The van der Waals surface area contributed by atoms with Crippen molar-refractivity contribution in [3.8, 4) is 0 Å². The second kappa shape index (κ2) is 6.27. The molecule has 1 aliphatic rings. The predicted octanol–water partition coefficient (Wildman–Crippen LogP) is 1.08. The van der Waals surface area contributed by atoms with Crippen LogP contribution in [0.5, 0.6) is 0 Å². The fourth-order valence-corrected chi connectivity index (χ4v) is 3.99. The molecule has 0 amide bonds. The van der Waals surface area contributed by atoms with Crippen LogP contribution in [0.25, 0.3) is 0 Å². The summed E-state index contributed by atoms with van der Waals surface area (Å²) >= 11 is 0. The van der Waals surface area contributed by atoms with Crippen molar-refractivity contribution in [2.45, 2.75) is 19.0 Å². The third kappa shape index (κ3) is 3.91. The van der Waals surface area contributed by atoms with Crippen LogP contribution in [0.3, 0.4) is 0 Å².